The summed E-state index contributed by atoms with van der Waals surface area (Å²) in [4.78, 5) is 9.44. The van der Waals surface area contributed by atoms with Crippen molar-refractivity contribution in [2.45, 2.75) is 34.1 Å². The summed E-state index contributed by atoms with van der Waals surface area (Å²) in [6.07, 6.45) is 5.33. The van der Waals surface area contributed by atoms with Gasteiger partial charge >= 0.3 is 0 Å². The molecule has 0 bridgehead atoms. The zero-order valence-corrected chi connectivity index (χ0v) is 11.2. The Hall–Kier alpha value is -0.0200. The molecule has 0 N–H and O–H groups in total. The van der Waals surface area contributed by atoms with Crippen molar-refractivity contribution in [2.24, 2.45) is 0 Å². The van der Waals surface area contributed by atoms with Crippen LogP contribution in [0.1, 0.15) is 34.1 Å². The zero-order chi connectivity index (χ0) is 11.7. The molecule has 0 atom stereocenters. The van der Waals surface area contributed by atoms with E-state index in [9.17, 15) is 4.79 Å². The van der Waals surface area contributed by atoms with Crippen molar-refractivity contribution >= 4 is 17.5 Å². The molecule has 13 heavy (non-hydrogen) atoms. The minimum absolute atomic E-state index is 0.167. The lowest BCUT2D eigenvalue weighted by molar-refractivity contribution is -0.114. The maximum atomic E-state index is 9.44. The highest BCUT2D eigenvalue weighted by Gasteiger charge is 1.62. The fourth-order valence-electron chi connectivity index (χ4n) is 0. The maximum Gasteiger partial charge on any atom is 0.126 e. The van der Waals surface area contributed by atoms with Crippen LogP contribution in [0.5, 0.6) is 0 Å². The van der Waals surface area contributed by atoms with Gasteiger partial charge in [0.1, 0.15) is 5.78 Å². The molecule has 0 aliphatic carbocycles. The van der Waals surface area contributed by atoms with Crippen LogP contribution in [0.3, 0.4) is 0 Å². The molecule has 0 aromatic carbocycles. The number of Topliss-reactive ketones (excluding diaryl/α,β-unsaturated/α-hetero) is 1. The molecule has 0 heterocycles. The van der Waals surface area contributed by atoms with Gasteiger partial charge in [-0.25, -0.2) is 0 Å². The third-order valence-electron chi connectivity index (χ3n) is 0. The summed E-state index contributed by atoms with van der Waals surface area (Å²) in [5.74, 6) is 0.167. The summed E-state index contributed by atoms with van der Waals surface area (Å²) in [5.41, 5.74) is 0. The third kappa shape index (κ3) is 2980000. The first kappa shape index (κ1) is 23.1. The molecule has 0 amide bonds. The first-order valence-electron chi connectivity index (χ1n) is 4.25. The summed E-state index contributed by atoms with van der Waals surface area (Å²) in [5, 5.41) is 0. The number of ether oxygens (including phenoxy) is 1. The van der Waals surface area contributed by atoms with E-state index in [0.717, 1.165) is 0 Å². The summed E-state index contributed by atoms with van der Waals surface area (Å²) < 4.78 is 4.25. The van der Waals surface area contributed by atoms with E-state index in [0.29, 0.717) is 0 Å². The highest BCUT2D eigenvalue weighted by molar-refractivity contribution is 7.97. The van der Waals surface area contributed by atoms with E-state index < -0.39 is 0 Å². The Bertz CT molecular complexity index is 57.2. The minimum atomic E-state index is 0.167. The second-order valence-corrected chi connectivity index (χ2v) is 3.25. The molecule has 0 fully saturated rings. The predicted octanol–water partition coefficient (Wildman–Crippen LogP) is 3.25. The van der Waals surface area contributed by atoms with Gasteiger partial charge in [-0.05, 0) is 26.4 Å². The number of carbonyl (C=O) groups excluding carboxylic acids is 1. The Morgan fingerprint density at radius 1 is 1.15 bits per heavy atom. The Labute approximate surface area is 88.4 Å². The summed E-state index contributed by atoms with van der Waals surface area (Å²) >= 11 is 1.75. The fourth-order valence-corrected chi connectivity index (χ4v) is 0. The fraction of sp³-hybridized carbons (Fsp3) is 0.900. The van der Waals surface area contributed by atoms with Gasteiger partial charge in [0, 0.05) is 14.2 Å². The van der Waals surface area contributed by atoms with E-state index in [1.807, 2.05) is 12.5 Å². The number of ketones is 1. The van der Waals surface area contributed by atoms with Crippen LogP contribution in [0.4, 0.5) is 0 Å². The quantitative estimate of drug-likeness (QED) is 0.614. The molecule has 0 aliphatic rings. The highest BCUT2D eigenvalue weighted by atomic mass is 32.2. The molecule has 0 aliphatic heterocycles. The molecule has 0 radical (unpaired) electrons. The van der Waals surface area contributed by atoms with Gasteiger partial charge in [-0.2, -0.15) is 11.8 Å². The molecule has 0 saturated heterocycles. The van der Waals surface area contributed by atoms with E-state index >= 15 is 0 Å². The van der Waals surface area contributed by atoms with Crippen molar-refractivity contribution in [2.75, 3.05) is 26.7 Å². The topological polar surface area (TPSA) is 26.3 Å². The number of hydrogen-bond donors (Lipinski definition) is 0. The molecule has 0 aromatic heterocycles. The lowest BCUT2D eigenvalue weighted by atomic mass is 10.6. The Balaban J connectivity index is -0.0000000420. The van der Waals surface area contributed by atoms with Crippen molar-refractivity contribution in [3.05, 3.63) is 0 Å². The highest BCUT2D eigenvalue weighted by Crippen LogP contribution is 1.70. The van der Waals surface area contributed by atoms with E-state index in [-0.39, 0.29) is 5.78 Å². The van der Waals surface area contributed by atoms with Crippen molar-refractivity contribution < 1.29 is 9.53 Å². The number of thioether (sulfide) groups is 1. The zero-order valence-electron chi connectivity index (χ0n) is 10.4. The first-order valence-corrected chi connectivity index (χ1v) is 5.88. The second kappa shape index (κ2) is 40.4. The van der Waals surface area contributed by atoms with Crippen LogP contribution in [0.2, 0.25) is 0 Å². The van der Waals surface area contributed by atoms with Crippen molar-refractivity contribution in [3.8, 4) is 0 Å². The van der Waals surface area contributed by atoms with Crippen LogP contribution < -0.4 is 0 Å². The number of methoxy groups -OCH3 is 1. The summed E-state index contributed by atoms with van der Waals surface area (Å²) in [7, 11) is 3.25. The van der Waals surface area contributed by atoms with E-state index in [1.54, 1.807) is 26.0 Å². The number of carbonyl (C=O) groups is 1. The Morgan fingerprint density at radius 2 is 1.15 bits per heavy atom. The Morgan fingerprint density at radius 3 is 1.15 bits per heavy atom. The third-order valence-corrected chi connectivity index (χ3v) is 0. The smallest absolute Gasteiger partial charge is 0.126 e. The van der Waals surface area contributed by atoms with Crippen molar-refractivity contribution in [3.63, 3.8) is 0 Å². The molecule has 3 heteroatoms. The molecule has 84 valence electrons. The van der Waals surface area contributed by atoms with Gasteiger partial charge in [0.2, 0.25) is 0 Å². The van der Waals surface area contributed by atoms with E-state index in [2.05, 4.69) is 18.6 Å². The van der Waals surface area contributed by atoms with Gasteiger partial charge in [-0.1, -0.05) is 20.3 Å². The number of hydrogen-bond acceptors (Lipinski definition) is 3. The maximum absolute atomic E-state index is 9.44. The van der Waals surface area contributed by atoms with Gasteiger partial charge in [-0.3, -0.25) is 0 Å². The number of rotatable bonds is 0. The predicted molar refractivity (Wildman–Crippen MR) is 64.7 cm³/mol. The van der Waals surface area contributed by atoms with Crippen LogP contribution in [-0.4, -0.2) is 32.5 Å². The van der Waals surface area contributed by atoms with Crippen molar-refractivity contribution in [1.82, 2.24) is 0 Å². The molecule has 0 rings (SSSR count). The SMILES string of the molecule is CC(C)=O.CCC.COC.CSC. The standard InChI is InChI=1S/C3H6O.C3H8.C2H6O.C2H6S/c1-3(2)4;3*1-3-2/h1-2H3;3H2,1-2H3;2*1-2H3. The van der Waals surface area contributed by atoms with Crippen molar-refractivity contribution in [1.29, 1.82) is 0 Å². The molecule has 0 aromatic rings. The summed E-state index contributed by atoms with van der Waals surface area (Å²) in [6.45, 7) is 7.31. The molecular formula is C10H26O2S. The molecule has 0 saturated carbocycles. The van der Waals surface area contributed by atoms with Crippen LogP contribution >= 0.6 is 11.8 Å². The monoisotopic (exact) mass is 210 g/mol. The van der Waals surface area contributed by atoms with Gasteiger partial charge in [0.15, 0.2) is 0 Å². The average molecular weight is 210 g/mol. The normalized spacial score (nSPS) is 6.15. The first-order chi connectivity index (χ1) is 5.97. The molecular weight excluding hydrogens is 184 g/mol. The second-order valence-electron chi connectivity index (χ2n) is 2.43. The van der Waals surface area contributed by atoms with Gasteiger partial charge in [-0.15, -0.1) is 0 Å². The Kier molecular flexibility index (Phi) is 71.8. The minimum Gasteiger partial charge on any atom is -0.388 e. The lowest BCUT2D eigenvalue weighted by Gasteiger charge is -1.61. The molecule has 0 spiro atoms. The molecule has 2 nitrogen and oxygen atoms in total. The van der Waals surface area contributed by atoms with Gasteiger partial charge in [0.25, 0.3) is 0 Å². The van der Waals surface area contributed by atoms with Crippen LogP contribution in [0.25, 0.3) is 0 Å². The largest absolute Gasteiger partial charge is 0.388 e. The summed E-state index contributed by atoms with van der Waals surface area (Å²) in [6, 6.07) is 0. The van der Waals surface area contributed by atoms with E-state index in [4.69, 9.17) is 0 Å². The van der Waals surface area contributed by atoms with Gasteiger partial charge in [0.05, 0.1) is 0 Å². The van der Waals surface area contributed by atoms with E-state index in [1.165, 1.54) is 20.3 Å². The lowest BCUT2D eigenvalue weighted by Crippen LogP contribution is -1.69. The van der Waals surface area contributed by atoms with Crippen LogP contribution in [0.15, 0.2) is 0 Å². The van der Waals surface area contributed by atoms with Gasteiger partial charge < -0.3 is 9.53 Å². The van der Waals surface area contributed by atoms with Crippen LogP contribution in [0, 0.1) is 0 Å². The van der Waals surface area contributed by atoms with Crippen LogP contribution in [-0.2, 0) is 9.53 Å². The molecule has 0 unspecified atom stereocenters. The average Bonchev–Trinajstić information content (AvgIpc) is 1.88.